The number of ketones is 1. The molecule has 0 saturated heterocycles. The number of nitrogens with one attached hydrogen (secondary N) is 1. The number of hydrogen-bond donors (Lipinski definition) is 1. The van der Waals surface area contributed by atoms with E-state index in [2.05, 4.69) is 35.6 Å². The highest BCUT2D eigenvalue weighted by Gasteiger charge is 2.18. The van der Waals surface area contributed by atoms with Crippen LogP contribution in [0.15, 0.2) is 66.7 Å². The minimum Gasteiger partial charge on any atom is -0.325 e. The molecule has 3 rings (SSSR count). The number of Topliss-reactive ketones (excluding diaryl/α,β-unsaturated/α-hetero) is 1. The Balaban J connectivity index is 1.63. The monoisotopic (exact) mass is 360 g/mol. The SMILES string of the molecule is CC(=O)c1ccc(NC(=O)[C@H](C)N(C)Cc2ccc3ccccc3c2)cc1. The maximum absolute atomic E-state index is 12.6. The summed E-state index contributed by atoms with van der Waals surface area (Å²) in [6, 6.07) is 21.3. The van der Waals surface area contributed by atoms with Crippen molar-refractivity contribution in [2.24, 2.45) is 0 Å². The minimum atomic E-state index is -0.288. The average molecular weight is 360 g/mol. The van der Waals surface area contributed by atoms with E-state index in [-0.39, 0.29) is 17.7 Å². The van der Waals surface area contributed by atoms with Crippen LogP contribution < -0.4 is 5.32 Å². The number of fused-ring (bicyclic) bond motifs is 1. The summed E-state index contributed by atoms with van der Waals surface area (Å²) in [5, 5.41) is 5.32. The molecule has 0 heterocycles. The van der Waals surface area contributed by atoms with Crippen molar-refractivity contribution in [1.82, 2.24) is 4.90 Å². The van der Waals surface area contributed by atoms with Gasteiger partial charge in [0.2, 0.25) is 5.91 Å². The molecule has 0 radical (unpaired) electrons. The number of carbonyl (C=O) groups is 2. The van der Waals surface area contributed by atoms with E-state index in [0.717, 1.165) is 0 Å². The molecule has 0 unspecified atom stereocenters. The summed E-state index contributed by atoms with van der Waals surface area (Å²) in [4.78, 5) is 25.9. The van der Waals surface area contributed by atoms with Gasteiger partial charge in [-0.05, 0) is 67.6 Å². The van der Waals surface area contributed by atoms with Gasteiger partial charge in [0, 0.05) is 17.8 Å². The van der Waals surface area contributed by atoms with Gasteiger partial charge in [0.25, 0.3) is 0 Å². The summed E-state index contributed by atoms with van der Waals surface area (Å²) in [7, 11) is 1.94. The molecule has 27 heavy (non-hydrogen) atoms. The van der Waals surface area contributed by atoms with Gasteiger partial charge in [-0.1, -0.05) is 36.4 Å². The van der Waals surface area contributed by atoms with Crippen LogP contribution in [0.1, 0.15) is 29.8 Å². The molecule has 1 atom stereocenters. The molecule has 1 amide bonds. The Hall–Kier alpha value is -2.98. The fraction of sp³-hybridized carbons (Fsp3) is 0.217. The van der Waals surface area contributed by atoms with Crippen molar-refractivity contribution in [3.8, 4) is 0 Å². The molecule has 1 N–H and O–H groups in total. The molecule has 0 aliphatic rings. The van der Waals surface area contributed by atoms with Crippen molar-refractivity contribution in [3.05, 3.63) is 77.9 Å². The van der Waals surface area contributed by atoms with E-state index in [9.17, 15) is 9.59 Å². The maximum Gasteiger partial charge on any atom is 0.241 e. The second-order valence-electron chi connectivity index (χ2n) is 6.90. The zero-order valence-electron chi connectivity index (χ0n) is 15.9. The molecular formula is C23H24N2O2. The van der Waals surface area contributed by atoms with Gasteiger partial charge < -0.3 is 5.32 Å². The number of likely N-dealkylation sites (N-methyl/N-ethyl adjacent to an activating group) is 1. The Morgan fingerprint density at radius 1 is 0.963 bits per heavy atom. The van der Waals surface area contributed by atoms with Gasteiger partial charge in [-0.25, -0.2) is 0 Å². The highest BCUT2D eigenvalue weighted by Crippen LogP contribution is 2.18. The van der Waals surface area contributed by atoms with Crippen LogP contribution in [0.2, 0.25) is 0 Å². The Morgan fingerprint density at radius 3 is 2.30 bits per heavy atom. The summed E-state index contributed by atoms with van der Waals surface area (Å²) in [5.74, 6) is -0.0646. The molecule has 4 nitrogen and oxygen atoms in total. The molecular weight excluding hydrogens is 336 g/mol. The highest BCUT2D eigenvalue weighted by atomic mass is 16.2. The van der Waals surface area contributed by atoms with Crippen LogP contribution in [0.5, 0.6) is 0 Å². The molecule has 0 saturated carbocycles. The van der Waals surface area contributed by atoms with E-state index in [0.29, 0.717) is 17.8 Å². The molecule has 0 aromatic heterocycles. The molecule has 0 fully saturated rings. The highest BCUT2D eigenvalue weighted by molar-refractivity contribution is 5.97. The van der Waals surface area contributed by atoms with E-state index in [4.69, 9.17) is 0 Å². The van der Waals surface area contributed by atoms with Crippen LogP contribution >= 0.6 is 0 Å². The van der Waals surface area contributed by atoms with Crippen molar-refractivity contribution in [2.45, 2.75) is 26.4 Å². The van der Waals surface area contributed by atoms with Crippen molar-refractivity contribution >= 4 is 28.2 Å². The van der Waals surface area contributed by atoms with Gasteiger partial charge in [0.1, 0.15) is 0 Å². The first-order valence-corrected chi connectivity index (χ1v) is 9.04. The van der Waals surface area contributed by atoms with Crippen LogP contribution in [0.3, 0.4) is 0 Å². The fourth-order valence-corrected chi connectivity index (χ4v) is 3.00. The standard InChI is InChI=1S/C23H24N2O2/c1-16(23(27)24-22-12-10-19(11-13-22)17(2)26)25(3)15-18-8-9-20-6-4-5-7-21(20)14-18/h4-14,16H,15H2,1-3H3,(H,24,27)/t16-/m0/s1. The van der Waals surface area contributed by atoms with Crippen LogP contribution in [0, 0.1) is 0 Å². The number of rotatable bonds is 6. The molecule has 0 bridgehead atoms. The van der Waals surface area contributed by atoms with E-state index >= 15 is 0 Å². The maximum atomic E-state index is 12.6. The van der Waals surface area contributed by atoms with Crippen LogP contribution in [0.4, 0.5) is 5.69 Å². The van der Waals surface area contributed by atoms with Crippen LogP contribution in [-0.4, -0.2) is 29.7 Å². The number of anilines is 1. The van der Waals surface area contributed by atoms with Gasteiger partial charge in [-0.3, -0.25) is 14.5 Å². The summed E-state index contributed by atoms with van der Waals surface area (Å²) in [6.07, 6.45) is 0. The van der Waals surface area contributed by atoms with E-state index in [1.165, 1.54) is 23.3 Å². The normalized spacial score (nSPS) is 12.1. The molecule has 0 aliphatic carbocycles. The van der Waals surface area contributed by atoms with E-state index in [1.807, 2.05) is 31.0 Å². The van der Waals surface area contributed by atoms with Gasteiger partial charge in [0.15, 0.2) is 5.78 Å². The summed E-state index contributed by atoms with van der Waals surface area (Å²) >= 11 is 0. The quantitative estimate of drug-likeness (QED) is 0.659. The van der Waals surface area contributed by atoms with Crippen LogP contribution in [-0.2, 0) is 11.3 Å². The first kappa shape index (κ1) is 18.8. The van der Waals surface area contributed by atoms with Crippen LogP contribution in [0.25, 0.3) is 10.8 Å². The second kappa shape index (κ2) is 8.14. The first-order valence-electron chi connectivity index (χ1n) is 9.04. The molecule has 0 spiro atoms. The molecule has 3 aromatic rings. The predicted molar refractivity (Wildman–Crippen MR) is 110 cm³/mol. The number of hydrogen-bond acceptors (Lipinski definition) is 3. The Kier molecular flexibility index (Phi) is 5.67. The van der Waals surface area contributed by atoms with Gasteiger partial charge in [-0.2, -0.15) is 0 Å². The lowest BCUT2D eigenvalue weighted by molar-refractivity contribution is -0.120. The molecule has 0 aliphatic heterocycles. The van der Waals surface area contributed by atoms with Gasteiger partial charge >= 0.3 is 0 Å². The number of carbonyl (C=O) groups excluding carboxylic acids is 2. The number of amides is 1. The Bertz CT molecular complexity index is 964. The second-order valence-corrected chi connectivity index (χ2v) is 6.90. The summed E-state index contributed by atoms with van der Waals surface area (Å²) in [5.41, 5.74) is 2.49. The Morgan fingerprint density at radius 2 is 1.63 bits per heavy atom. The van der Waals surface area contributed by atoms with E-state index in [1.54, 1.807) is 24.3 Å². The molecule has 4 heteroatoms. The summed E-state index contributed by atoms with van der Waals surface area (Å²) in [6.45, 7) is 4.10. The topological polar surface area (TPSA) is 49.4 Å². The van der Waals surface area contributed by atoms with Gasteiger partial charge in [0.05, 0.1) is 6.04 Å². The Labute approximate surface area is 159 Å². The lowest BCUT2D eigenvalue weighted by Gasteiger charge is -2.24. The largest absolute Gasteiger partial charge is 0.325 e. The van der Waals surface area contributed by atoms with Crippen molar-refractivity contribution in [1.29, 1.82) is 0 Å². The lowest BCUT2D eigenvalue weighted by atomic mass is 10.1. The third-order valence-corrected chi connectivity index (χ3v) is 4.85. The minimum absolute atomic E-state index is 0.0105. The fourth-order valence-electron chi connectivity index (χ4n) is 3.00. The third kappa shape index (κ3) is 4.60. The summed E-state index contributed by atoms with van der Waals surface area (Å²) < 4.78 is 0. The zero-order valence-corrected chi connectivity index (χ0v) is 15.9. The van der Waals surface area contributed by atoms with Gasteiger partial charge in [-0.15, -0.1) is 0 Å². The van der Waals surface area contributed by atoms with Crippen molar-refractivity contribution in [3.63, 3.8) is 0 Å². The predicted octanol–water partition coefficient (Wildman–Crippen LogP) is 4.50. The lowest BCUT2D eigenvalue weighted by Crippen LogP contribution is -2.39. The molecule has 138 valence electrons. The zero-order chi connectivity index (χ0) is 19.4. The number of benzene rings is 3. The third-order valence-electron chi connectivity index (χ3n) is 4.85. The smallest absolute Gasteiger partial charge is 0.241 e. The molecule has 3 aromatic carbocycles. The van der Waals surface area contributed by atoms with Crippen molar-refractivity contribution in [2.75, 3.05) is 12.4 Å². The first-order chi connectivity index (χ1) is 12.9. The number of nitrogens with zero attached hydrogens (tertiary/aromatic N) is 1. The average Bonchev–Trinajstić information content (AvgIpc) is 2.67. The van der Waals surface area contributed by atoms with E-state index < -0.39 is 0 Å². The van der Waals surface area contributed by atoms with Crippen molar-refractivity contribution < 1.29 is 9.59 Å².